The second kappa shape index (κ2) is 4.55. The van der Waals surface area contributed by atoms with Crippen molar-refractivity contribution < 1.29 is 9.21 Å². The molecule has 100 valence electrons. The number of benzene rings is 1. The highest BCUT2D eigenvalue weighted by molar-refractivity contribution is 5.96. The molecule has 19 heavy (non-hydrogen) atoms. The first-order valence-corrected chi connectivity index (χ1v) is 6.29. The Labute approximate surface area is 109 Å². The van der Waals surface area contributed by atoms with E-state index in [1.165, 1.54) is 4.57 Å². The lowest BCUT2D eigenvalue weighted by molar-refractivity contribution is -0.117. The monoisotopic (exact) mass is 261 g/mol. The fourth-order valence-electron chi connectivity index (χ4n) is 2.35. The van der Waals surface area contributed by atoms with Crippen molar-refractivity contribution in [2.24, 2.45) is 7.05 Å². The topological polar surface area (TPSA) is 76.3 Å². The minimum atomic E-state index is -0.407. The second-order valence-electron chi connectivity index (χ2n) is 4.75. The number of carbonyl (C=O) groups is 1. The SMILES string of the molecule is Cn1c(=O)oc2cc(NC(=O)C3CCCN3)ccc21. The third-order valence-corrected chi connectivity index (χ3v) is 3.44. The molecule has 0 aliphatic carbocycles. The van der Waals surface area contributed by atoms with Crippen molar-refractivity contribution in [3.8, 4) is 0 Å². The third kappa shape index (κ3) is 2.15. The summed E-state index contributed by atoms with van der Waals surface area (Å²) < 4.78 is 6.52. The Bertz CT molecular complexity index is 680. The van der Waals surface area contributed by atoms with Gasteiger partial charge in [0.15, 0.2) is 5.58 Å². The Balaban J connectivity index is 1.85. The lowest BCUT2D eigenvalue weighted by Gasteiger charge is -2.10. The van der Waals surface area contributed by atoms with Crippen LogP contribution in [-0.4, -0.2) is 23.1 Å². The molecule has 1 unspecified atom stereocenters. The second-order valence-corrected chi connectivity index (χ2v) is 4.75. The summed E-state index contributed by atoms with van der Waals surface area (Å²) in [5.74, 6) is -0.453. The Kier molecular flexibility index (Phi) is 2.87. The van der Waals surface area contributed by atoms with E-state index in [1.807, 2.05) is 0 Å². The number of nitrogens with one attached hydrogen (secondary N) is 2. The normalized spacial score (nSPS) is 18.9. The molecule has 0 saturated carbocycles. The number of nitrogens with zero attached hydrogens (tertiary/aromatic N) is 1. The van der Waals surface area contributed by atoms with Gasteiger partial charge in [-0.1, -0.05) is 0 Å². The van der Waals surface area contributed by atoms with Crippen LogP contribution in [0.4, 0.5) is 5.69 Å². The van der Waals surface area contributed by atoms with E-state index in [-0.39, 0.29) is 11.9 Å². The van der Waals surface area contributed by atoms with Gasteiger partial charge in [-0.3, -0.25) is 9.36 Å². The molecule has 2 heterocycles. The van der Waals surface area contributed by atoms with E-state index in [2.05, 4.69) is 10.6 Å². The molecule has 1 amide bonds. The van der Waals surface area contributed by atoms with Crippen LogP contribution in [0.25, 0.3) is 11.1 Å². The van der Waals surface area contributed by atoms with E-state index >= 15 is 0 Å². The number of oxazole rings is 1. The molecule has 0 bridgehead atoms. The highest BCUT2D eigenvalue weighted by Crippen LogP contribution is 2.18. The zero-order chi connectivity index (χ0) is 13.4. The minimum absolute atomic E-state index is 0.0462. The molecule has 0 spiro atoms. The summed E-state index contributed by atoms with van der Waals surface area (Å²) in [6.45, 7) is 0.880. The largest absolute Gasteiger partial charge is 0.419 e. The first kappa shape index (κ1) is 12.0. The smallest absolute Gasteiger partial charge is 0.408 e. The summed E-state index contributed by atoms with van der Waals surface area (Å²) in [6.07, 6.45) is 1.87. The third-order valence-electron chi connectivity index (χ3n) is 3.44. The van der Waals surface area contributed by atoms with Gasteiger partial charge in [0.2, 0.25) is 5.91 Å². The number of aryl methyl sites for hydroxylation is 1. The van der Waals surface area contributed by atoms with Gasteiger partial charge in [0.05, 0.1) is 11.6 Å². The lowest BCUT2D eigenvalue weighted by atomic mass is 10.2. The van der Waals surface area contributed by atoms with Crippen LogP contribution in [0.1, 0.15) is 12.8 Å². The maximum absolute atomic E-state index is 12.0. The molecule has 1 aromatic heterocycles. The van der Waals surface area contributed by atoms with E-state index in [1.54, 1.807) is 25.2 Å². The number of fused-ring (bicyclic) bond motifs is 1. The quantitative estimate of drug-likeness (QED) is 0.839. The van der Waals surface area contributed by atoms with E-state index in [0.29, 0.717) is 16.8 Å². The average Bonchev–Trinajstić information content (AvgIpc) is 2.99. The van der Waals surface area contributed by atoms with Gasteiger partial charge in [-0.25, -0.2) is 4.79 Å². The number of rotatable bonds is 2. The molecule has 6 heteroatoms. The highest BCUT2D eigenvalue weighted by Gasteiger charge is 2.22. The molecule has 1 atom stereocenters. The fraction of sp³-hybridized carbons (Fsp3) is 0.385. The summed E-state index contributed by atoms with van der Waals surface area (Å²) in [4.78, 5) is 23.3. The summed E-state index contributed by atoms with van der Waals surface area (Å²) in [5, 5.41) is 5.97. The average molecular weight is 261 g/mol. The van der Waals surface area contributed by atoms with Gasteiger partial charge in [-0.2, -0.15) is 0 Å². The van der Waals surface area contributed by atoms with Crippen LogP contribution in [-0.2, 0) is 11.8 Å². The molecular formula is C13H15N3O3. The molecule has 2 aromatic rings. The van der Waals surface area contributed by atoms with Crippen molar-refractivity contribution in [3.05, 3.63) is 28.7 Å². The number of hydrogen-bond acceptors (Lipinski definition) is 4. The zero-order valence-electron chi connectivity index (χ0n) is 10.6. The van der Waals surface area contributed by atoms with Crippen LogP contribution < -0.4 is 16.4 Å². The molecule has 6 nitrogen and oxygen atoms in total. The molecule has 2 N–H and O–H groups in total. The molecule has 1 aliphatic rings. The van der Waals surface area contributed by atoms with E-state index < -0.39 is 5.76 Å². The first-order chi connectivity index (χ1) is 9.15. The maximum Gasteiger partial charge on any atom is 0.419 e. The van der Waals surface area contributed by atoms with Crippen molar-refractivity contribution >= 4 is 22.7 Å². The first-order valence-electron chi connectivity index (χ1n) is 6.29. The Hall–Kier alpha value is -2.08. The number of anilines is 1. The van der Waals surface area contributed by atoms with E-state index in [0.717, 1.165) is 19.4 Å². The standard InChI is InChI=1S/C13H15N3O3/c1-16-10-5-4-8(7-11(10)19-13(16)18)15-12(17)9-3-2-6-14-9/h4-5,7,9,14H,2-3,6H2,1H3,(H,15,17). The predicted octanol–water partition coefficient (Wildman–Crippen LogP) is 0.822. The van der Waals surface area contributed by atoms with Gasteiger partial charge in [-0.15, -0.1) is 0 Å². The van der Waals surface area contributed by atoms with Gasteiger partial charge in [-0.05, 0) is 31.5 Å². The number of aromatic nitrogens is 1. The van der Waals surface area contributed by atoms with Crippen LogP contribution in [0.5, 0.6) is 0 Å². The van der Waals surface area contributed by atoms with Crippen LogP contribution in [0.15, 0.2) is 27.4 Å². The molecule has 0 radical (unpaired) electrons. The summed E-state index contributed by atoms with van der Waals surface area (Å²) in [7, 11) is 1.65. The zero-order valence-corrected chi connectivity index (χ0v) is 10.6. The Morgan fingerprint density at radius 1 is 1.53 bits per heavy atom. The number of carbonyl (C=O) groups excluding carboxylic acids is 1. The number of amides is 1. The Morgan fingerprint density at radius 3 is 3.11 bits per heavy atom. The van der Waals surface area contributed by atoms with Gasteiger partial charge >= 0.3 is 5.76 Å². The van der Waals surface area contributed by atoms with Gasteiger partial charge in [0.25, 0.3) is 0 Å². The summed E-state index contributed by atoms with van der Waals surface area (Å²) in [6, 6.07) is 5.07. The van der Waals surface area contributed by atoms with Crippen molar-refractivity contribution in [3.63, 3.8) is 0 Å². The Morgan fingerprint density at radius 2 is 2.37 bits per heavy atom. The van der Waals surface area contributed by atoms with Gasteiger partial charge in [0.1, 0.15) is 0 Å². The summed E-state index contributed by atoms with van der Waals surface area (Å²) in [5.41, 5.74) is 1.83. The van der Waals surface area contributed by atoms with Crippen molar-refractivity contribution in [2.75, 3.05) is 11.9 Å². The van der Waals surface area contributed by atoms with E-state index in [4.69, 9.17) is 4.42 Å². The van der Waals surface area contributed by atoms with E-state index in [9.17, 15) is 9.59 Å². The van der Waals surface area contributed by atoms with Gasteiger partial charge < -0.3 is 15.1 Å². The fourth-order valence-corrected chi connectivity index (χ4v) is 2.35. The minimum Gasteiger partial charge on any atom is -0.408 e. The van der Waals surface area contributed by atoms with Crippen LogP contribution in [0.2, 0.25) is 0 Å². The maximum atomic E-state index is 12.0. The highest BCUT2D eigenvalue weighted by atomic mass is 16.4. The molecule has 1 saturated heterocycles. The van der Waals surface area contributed by atoms with Crippen LogP contribution in [0, 0.1) is 0 Å². The van der Waals surface area contributed by atoms with Crippen molar-refractivity contribution in [1.82, 2.24) is 9.88 Å². The molecule has 1 fully saturated rings. The summed E-state index contributed by atoms with van der Waals surface area (Å²) >= 11 is 0. The van der Waals surface area contributed by atoms with Gasteiger partial charge in [0, 0.05) is 18.8 Å². The van der Waals surface area contributed by atoms with Crippen molar-refractivity contribution in [2.45, 2.75) is 18.9 Å². The predicted molar refractivity (Wildman–Crippen MR) is 71.1 cm³/mol. The molecule has 1 aliphatic heterocycles. The molecule has 3 rings (SSSR count). The van der Waals surface area contributed by atoms with Crippen molar-refractivity contribution in [1.29, 1.82) is 0 Å². The molecule has 1 aromatic carbocycles. The number of hydrogen-bond donors (Lipinski definition) is 2. The van der Waals surface area contributed by atoms with Crippen LogP contribution in [0.3, 0.4) is 0 Å². The van der Waals surface area contributed by atoms with Crippen LogP contribution >= 0.6 is 0 Å². The molecular weight excluding hydrogens is 246 g/mol. The lowest BCUT2D eigenvalue weighted by Crippen LogP contribution is -2.35.